The van der Waals surface area contributed by atoms with Gasteiger partial charge in [0, 0.05) is 46.5 Å². The second kappa shape index (κ2) is 9.09. The largest absolute Gasteiger partial charge is 0.335 e. The minimum Gasteiger partial charge on any atom is -0.335 e. The first-order chi connectivity index (χ1) is 19.0. The van der Waals surface area contributed by atoms with Gasteiger partial charge in [-0.05, 0) is 48.7 Å². The van der Waals surface area contributed by atoms with E-state index >= 15 is 4.39 Å². The number of H-pyrrole nitrogens is 2. The van der Waals surface area contributed by atoms with Gasteiger partial charge in [-0.15, -0.1) is 0 Å². The van der Waals surface area contributed by atoms with Crippen LogP contribution in [0.5, 0.6) is 0 Å². The molecule has 192 valence electrons. The molecule has 0 saturated heterocycles. The summed E-state index contributed by atoms with van der Waals surface area (Å²) < 4.78 is 29.1. The number of halogens is 2. The molecular formula is C29H21F2N7O. The van der Waals surface area contributed by atoms with Gasteiger partial charge in [0.05, 0.1) is 22.9 Å². The van der Waals surface area contributed by atoms with Gasteiger partial charge in [-0.3, -0.25) is 14.9 Å². The fourth-order valence-corrected chi connectivity index (χ4v) is 4.93. The molecule has 8 nitrogen and oxygen atoms in total. The second-order valence-electron chi connectivity index (χ2n) is 9.68. The predicted molar refractivity (Wildman–Crippen MR) is 144 cm³/mol. The minimum atomic E-state index is -0.457. The number of rotatable bonds is 5. The van der Waals surface area contributed by atoms with Crippen LogP contribution in [0.15, 0.2) is 67.1 Å². The van der Waals surface area contributed by atoms with Crippen molar-refractivity contribution < 1.29 is 13.6 Å². The highest BCUT2D eigenvalue weighted by Gasteiger charge is 2.25. The molecule has 1 amide bonds. The smallest absolute Gasteiger partial charge is 0.227 e. The predicted octanol–water partition coefficient (Wildman–Crippen LogP) is 6.25. The first-order valence-corrected chi connectivity index (χ1v) is 12.6. The molecule has 39 heavy (non-hydrogen) atoms. The van der Waals surface area contributed by atoms with Gasteiger partial charge in [0.25, 0.3) is 0 Å². The van der Waals surface area contributed by atoms with Gasteiger partial charge in [0.15, 0.2) is 11.5 Å². The highest BCUT2D eigenvalue weighted by atomic mass is 19.1. The summed E-state index contributed by atoms with van der Waals surface area (Å²) in [5, 5.41) is 10.8. The number of fused-ring (bicyclic) bond motifs is 2. The molecule has 6 aromatic rings. The number of aromatic amines is 2. The van der Waals surface area contributed by atoms with Crippen LogP contribution in [-0.4, -0.2) is 36.0 Å². The maximum Gasteiger partial charge on any atom is 0.227 e. The Labute approximate surface area is 220 Å². The van der Waals surface area contributed by atoms with E-state index < -0.39 is 5.82 Å². The summed E-state index contributed by atoms with van der Waals surface area (Å²) in [4.78, 5) is 28.9. The molecule has 1 fully saturated rings. The second-order valence-corrected chi connectivity index (χ2v) is 9.68. The van der Waals surface area contributed by atoms with Gasteiger partial charge in [0.1, 0.15) is 17.3 Å². The molecule has 0 radical (unpaired) electrons. The number of nitrogens with one attached hydrogen (secondary N) is 3. The van der Waals surface area contributed by atoms with Crippen molar-refractivity contribution in [3.8, 4) is 33.8 Å². The number of pyridine rings is 2. The van der Waals surface area contributed by atoms with Crippen LogP contribution in [0.2, 0.25) is 0 Å². The number of hydrogen-bond donors (Lipinski definition) is 3. The van der Waals surface area contributed by atoms with E-state index in [4.69, 9.17) is 0 Å². The third kappa shape index (κ3) is 4.10. The highest BCUT2D eigenvalue weighted by molar-refractivity contribution is 5.98. The number of aromatic nitrogens is 6. The van der Waals surface area contributed by atoms with Gasteiger partial charge < -0.3 is 10.3 Å². The zero-order valence-corrected chi connectivity index (χ0v) is 20.5. The quantitative estimate of drug-likeness (QED) is 0.248. The van der Waals surface area contributed by atoms with Gasteiger partial charge in [-0.2, -0.15) is 5.10 Å². The number of hydrogen-bond acceptors (Lipinski definition) is 5. The monoisotopic (exact) mass is 521 g/mol. The normalized spacial score (nSPS) is 13.6. The molecule has 0 bridgehead atoms. The average molecular weight is 522 g/mol. The summed E-state index contributed by atoms with van der Waals surface area (Å²) in [5.74, 6) is -0.378. The van der Waals surface area contributed by atoms with Crippen LogP contribution < -0.4 is 5.32 Å². The number of nitrogens with zero attached hydrogens (tertiary/aromatic N) is 4. The highest BCUT2D eigenvalue weighted by Crippen LogP contribution is 2.35. The summed E-state index contributed by atoms with van der Waals surface area (Å²) in [6.07, 6.45) is 7.55. The number of imidazole rings is 1. The van der Waals surface area contributed by atoms with Crippen molar-refractivity contribution in [2.24, 2.45) is 5.92 Å². The van der Waals surface area contributed by atoms with Crippen LogP contribution in [0, 0.1) is 17.6 Å². The maximum absolute atomic E-state index is 15.2. The Kier molecular flexibility index (Phi) is 5.39. The molecule has 0 atom stereocenters. The molecule has 1 aliphatic rings. The molecule has 7 rings (SSSR count). The van der Waals surface area contributed by atoms with Crippen LogP contribution in [-0.2, 0) is 4.79 Å². The minimum absolute atomic E-state index is 0.0231. The third-order valence-corrected chi connectivity index (χ3v) is 7.20. The van der Waals surface area contributed by atoms with Gasteiger partial charge in [-0.25, -0.2) is 18.7 Å². The molecule has 0 spiro atoms. The van der Waals surface area contributed by atoms with E-state index in [-0.39, 0.29) is 17.6 Å². The number of carbonyl (C=O) groups is 1. The van der Waals surface area contributed by atoms with Crippen molar-refractivity contribution in [2.45, 2.75) is 19.3 Å². The van der Waals surface area contributed by atoms with Crippen molar-refractivity contribution in [2.75, 3.05) is 5.32 Å². The van der Waals surface area contributed by atoms with Crippen LogP contribution in [0.1, 0.15) is 19.3 Å². The van der Waals surface area contributed by atoms with Crippen LogP contribution >= 0.6 is 0 Å². The van der Waals surface area contributed by atoms with Crippen LogP contribution in [0.4, 0.5) is 14.5 Å². The number of benzene rings is 2. The zero-order chi connectivity index (χ0) is 26.5. The van der Waals surface area contributed by atoms with Gasteiger partial charge in [-0.1, -0.05) is 18.6 Å². The van der Waals surface area contributed by atoms with E-state index in [2.05, 4.69) is 35.5 Å². The molecule has 1 saturated carbocycles. The Morgan fingerprint density at radius 3 is 2.72 bits per heavy atom. The van der Waals surface area contributed by atoms with Crippen molar-refractivity contribution >= 4 is 33.7 Å². The van der Waals surface area contributed by atoms with Gasteiger partial charge in [0.2, 0.25) is 5.91 Å². The van der Waals surface area contributed by atoms with E-state index in [1.165, 1.54) is 18.2 Å². The fourth-order valence-electron chi connectivity index (χ4n) is 4.93. The Hall–Kier alpha value is -4.99. The lowest BCUT2D eigenvalue weighted by atomic mass is 9.85. The van der Waals surface area contributed by atoms with Gasteiger partial charge >= 0.3 is 0 Å². The molecule has 1 aliphatic carbocycles. The topological polar surface area (TPSA) is 112 Å². The third-order valence-electron chi connectivity index (χ3n) is 7.20. The lowest BCUT2D eigenvalue weighted by Gasteiger charge is -2.24. The number of anilines is 1. The standard InChI is InChI=1S/C29H21F2N7O/c30-18-6-2-5-16(9-18)20-7-8-33-27-25(20)35-28(36-27)26-22-11-21(23(31)12-24(22)37-38-26)17-10-19(14-32-13-17)34-29(39)15-3-1-4-15/h2,5-15H,1,3-4H2,(H,34,39)(H,37,38)(H,33,35,36). The number of carbonyl (C=O) groups excluding carboxylic acids is 1. The maximum atomic E-state index is 15.2. The van der Waals surface area contributed by atoms with E-state index in [9.17, 15) is 9.18 Å². The lowest BCUT2D eigenvalue weighted by Crippen LogP contribution is -2.28. The molecular weight excluding hydrogens is 500 g/mol. The van der Waals surface area contributed by atoms with Crippen molar-refractivity contribution in [3.63, 3.8) is 0 Å². The first kappa shape index (κ1) is 23.2. The number of amides is 1. The molecule has 10 heteroatoms. The molecule has 2 aromatic carbocycles. The molecule has 4 aromatic heterocycles. The van der Waals surface area contributed by atoms with E-state index in [1.54, 1.807) is 42.9 Å². The SMILES string of the molecule is O=C(Nc1cncc(-c2cc3c(-c4nc5nccc(-c6cccc(F)c6)c5[nH]4)n[nH]c3cc2F)c1)C1CCC1. The summed E-state index contributed by atoms with van der Waals surface area (Å²) in [6, 6.07) is 12.9. The average Bonchev–Trinajstić information content (AvgIpc) is 3.50. The molecule has 3 N–H and O–H groups in total. The lowest BCUT2D eigenvalue weighted by molar-refractivity contribution is -0.122. The first-order valence-electron chi connectivity index (χ1n) is 12.6. The van der Waals surface area contributed by atoms with Crippen molar-refractivity contribution in [3.05, 3.63) is 78.8 Å². The van der Waals surface area contributed by atoms with E-state index in [0.29, 0.717) is 56.0 Å². The zero-order valence-electron chi connectivity index (χ0n) is 20.5. The Balaban J connectivity index is 1.29. The Morgan fingerprint density at radius 1 is 1.00 bits per heavy atom. The van der Waals surface area contributed by atoms with E-state index in [1.807, 2.05) is 6.07 Å². The van der Waals surface area contributed by atoms with Crippen LogP contribution in [0.25, 0.3) is 55.8 Å². The van der Waals surface area contributed by atoms with E-state index in [0.717, 1.165) is 24.8 Å². The summed E-state index contributed by atoms with van der Waals surface area (Å²) in [6.45, 7) is 0. The Morgan fingerprint density at radius 2 is 1.90 bits per heavy atom. The fraction of sp³-hybridized carbons (Fsp3) is 0.138. The van der Waals surface area contributed by atoms with Crippen LogP contribution in [0.3, 0.4) is 0 Å². The molecule has 0 aliphatic heterocycles. The molecule has 0 unspecified atom stereocenters. The van der Waals surface area contributed by atoms with Crippen molar-refractivity contribution in [1.29, 1.82) is 0 Å². The summed E-state index contributed by atoms with van der Waals surface area (Å²) >= 11 is 0. The summed E-state index contributed by atoms with van der Waals surface area (Å²) in [7, 11) is 0. The Bertz CT molecular complexity index is 1890. The van der Waals surface area contributed by atoms with Crippen molar-refractivity contribution in [1.82, 2.24) is 30.1 Å². The summed E-state index contributed by atoms with van der Waals surface area (Å²) in [5.41, 5.74) is 4.84. The molecule has 4 heterocycles.